The molecule has 2 rings (SSSR count). The van der Waals surface area contributed by atoms with Crippen LogP contribution in [0.15, 0.2) is 42.5 Å². The van der Waals surface area contributed by atoms with Crippen molar-refractivity contribution in [3.05, 3.63) is 58.1 Å². The maximum absolute atomic E-state index is 13.5. The zero-order valence-electron chi connectivity index (χ0n) is 22.8. The van der Waals surface area contributed by atoms with Crippen molar-refractivity contribution in [3.63, 3.8) is 0 Å². The lowest BCUT2D eigenvalue weighted by Gasteiger charge is -2.33. The molecule has 1 unspecified atom stereocenters. The zero-order chi connectivity index (χ0) is 28.7. The Bertz CT molecular complexity index is 1230. The lowest BCUT2D eigenvalue weighted by Crippen LogP contribution is -2.53. The Morgan fingerprint density at radius 1 is 1.08 bits per heavy atom. The number of hydrogen-bond donors (Lipinski definition) is 1. The summed E-state index contributed by atoms with van der Waals surface area (Å²) >= 11 is 12.3. The predicted octanol–water partition coefficient (Wildman–Crippen LogP) is 5.27. The van der Waals surface area contributed by atoms with Gasteiger partial charge in [-0.2, -0.15) is 0 Å². The first-order valence-corrected chi connectivity index (χ1v) is 14.9. The van der Waals surface area contributed by atoms with E-state index in [0.717, 1.165) is 11.8 Å². The first-order valence-electron chi connectivity index (χ1n) is 12.3. The van der Waals surface area contributed by atoms with Crippen LogP contribution in [0.3, 0.4) is 0 Å². The Morgan fingerprint density at radius 3 is 2.32 bits per heavy atom. The minimum absolute atomic E-state index is 0.0383. The highest BCUT2D eigenvalue weighted by Crippen LogP contribution is 2.26. The molecule has 2 amide bonds. The van der Waals surface area contributed by atoms with Gasteiger partial charge in [-0.05, 0) is 63.4 Å². The van der Waals surface area contributed by atoms with Crippen LogP contribution >= 0.6 is 23.2 Å². The van der Waals surface area contributed by atoms with Crippen molar-refractivity contribution < 1.29 is 22.7 Å². The monoisotopic (exact) mass is 585 g/mol. The Morgan fingerprint density at radius 2 is 1.76 bits per heavy atom. The third-order valence-corrected chi connectivity index (χ3v) is 7.65. The van der Waals surface area contributed by atoms with Crippen LogP contribution in [0.2, 0.25) is 10.0 Å². The van der Waals surface area contributed by atoms with Gasteiger partial charge in [-0.15, -0.1) is 0 Å². The maximum Gasteiger partial charge on any atom is 0.243 e. The van der Waals surface area contributed by atoms with Crippen LogP contribution in [0.25, 0.3) is 0 Å². The number of nitrogens with one attached hydrogen (secondary N) is 1. The minimum atomic E-state index is -3.61. The summed E-state index contributed by atoms with van der Waals surface area (Å²) in [6.45, 7) is 7.71. The molecule has 0 heterocycles. The van der Waals surface area contributed by atoms with E-state index in [9.17, 15) is 18.0 Å². The van der Waals surface area contributed by atoms with Crippen molar-refractivity contribution in [2.24, 2.45) is 0 Å². The molecule has 0 aliphatic carbocycles. The average Bonchev–Trinajstić information content (AvgIpc) is 2.81. The molecule has 8 nitrogen and oxygen atoms in total. The van der Waals surface area contributed by atoms with E-state index < -0.39 is 21.6 Å². The van der Waals surface area contributed by atoms with Gasteiger partial charge in [0.05, 0.1) is 29.1 Å². The molecule has 2 aromatic rings. The highest BCUT2D eigenvalue weighted by molar-refractivity contribution is 7.92. The molecule has 1 N–H and O–H groups in total. The number of sulfonamides is 1. The largest absolute Gasteiger partial charge is 0.497 e. The molecule has 0 bridgehead atoms. The van der Waals surface area contributed by atoms with Crippen molar-refractivity contribution in [2.75, 3.05) is 24.2 Å². The van der Waals surface area contributed by atoms with Crippen molar-refractivity contribution in [1.29, 1.82) is 0 Å². The Kier molecular flexibility index (Phi) is 11.3. The van der Waals surface area contributed by atoms with Crippen LogP contribution in [-0.2, 0) is 26.2 Å². The third kappa shape index (κ3) is 9.36. The lowest BCUT2D eigenvalue weighted by molar-refractivity contribution is -0.142. The molecule has 0 saturated carbocycles. The fourth-order valence-corrected chi connectivity index (χ4v) is 5.25. The molecule has 0 spiro atoms. The smallest absolute Gasteiger partial charge is 0.243 e. The second-order valence-electron chi connectivity index (χ2n) is 10.1. The molecule has 0 aliphatic heterocycles. The number of amides is 2. The van der Waals surface area contributed by atoms with Gasteiger partial charge in [0.1, 0.15) is 11.8 Å². The number of methoxy groups -OCH3 is 1. The predicted molar refractivity (Wildman–Crippen MR) is 153 cm³/mol. The summed E-state index contributed by atoms with van der Waals surface area (Å²) in [7, 11) is -2.11. The number of benzene rings is 2. The quantitative estimate of drug-likeness (QED) is 0.366. The van der Waals surface area contributed by atoms with E-state index >= 15 is 0 Å². The number of nitrogens with zero attached hydrogens (tertiary/aromatic N) is 2. The van der Waals surface area contributed by atoms with Crippen LogP contribution in [0, 0.1) is 0 Å². The van der Waals surface area contributed by atoms with Crippen LogP contribution in [-0.4, -0.2) is 56.6 Å². The van der Waals surface area contributed by atoms with Gasteiger partial charge in [-0.3, -0.25) is 13.9 Å². The molecule has 210 valence electrons. The summed E-state index contributed by atoms with van der Waals surface area (Å²) in [4.78, 5) is 28.2. The molecule has 38 heavy (non-hydrogen) atoms. The van der Waals surface area contributed by atoms with Crippen molar-refractivity contribution in [1.82, 2.24) is 10.2 Å². The van der Waals surface area contributed by atoms with Gasteiger partial charge in [-0.25, -0.2) is 8.42 Å². The van der Waals surface area contributed by atoms with Crippen LogP contribution in [0.4, 0.5) is 5.69 Å². The van der Waals surface area contributed by atoms with Gasteiger partial charge >= 0.3 is 0 Å². The molecule has 0 aliphatic rings. The average molecular weight is 587 g/mol. The van der Waals surface area contributed by atoms with E-state index in [-0.39, 0.29) is 37.7 Å². The van der Waals surface area contributed by atoms with E-state index in [1.807, 2.05) is 27.7 Å². The summed E-state index contributed by atoms with van der Waals surface area (Å²) < 4.78 is 31.5. The standard InChI is InChI=1S/C27H37Cl2N3O5S/c1-7-24(26(34)30-27(2,3)4)31(18-19-13-14-22(28)23(29)16-19)25(33)12-9-15-32(38(6,35)36)20-10-8-11-21(17-20)37-5/h8,10-11,13-14,16-17,24H,7,9,12,15,18H2,1-6H3,(H,30,34). The second-order valence-corrected chi connectivity index (χ2v) is 12.8. The Hall–Kier alpha value is -2.49. The van der Waals surface area contributed by atoms with Gasteiger partial charge < -0.3 is 15.0 Å². The summed E-state index contributed by atoms with van der Waals surface area (Å²) in [5, 5.41) is 3.70. The van der Waals surface area contributed by atoms with Gasteiger partial charge in [0.25, 0.3) is 0 Å². The van der Waals surface area contributed by atoms with E-state index in [4.69, 9.17) is 27.9 Å². The third-order valence-electron chi connectivity index (χ3n) is 5.71. The van der Waals surface area contributed by atoms with Crippen molar-refractivity contribution in [3.8, 4) is 5.75 Å². The number of ether oxygens (including phenoxy) is 1. The van der Waals surface area contributed by atoms with Crippen molar-refractivity contribution >= 4 is 50.7 Å². The van der Waals surface area contributed by atoms with Gasteiger partial charge in [0.2, 0.25) is 21.8 Å². The first kappa shape index (κ1) is 31.7. The summed E-state index contributed by atoms with van der Waals surface area (Å²) in [6, 6.07) is 11.1. The number of halogens is 2. The van der Waals surface area contributed by atoms with E-state index in [2.05, 4.69) is 5.32 Å². The maximum atomic E-state index is 13.5. The molecule has 0 aromatic heterocycles. The first-order chi connectivity index (χ1) is 17.7. The normalized spacial score (nSPS) is 12.5. The van der Waals surface area contributed by atoms with E-state index in [1.165, 1.54) is 16.3 Å². The van der Waals surface area contributed by atoms with E-state index in [1.54, 1.807) is 42.5 Å². The Labute approximate surface area is 236 Å². The molecule has 2 aromatic carbocycles. The van der Waals surface area contributed by atoms with Crippen molar-refractivity contribution in [2.45, 2.75) is 65.1 Å². The zero-order valence-corrected chi connectivity index (χ0v) is 25.1. The number of anilines is 1. The number of rotatable bonds is 12. The molecule has 0 fully saturated rings. The molecule has 0 radical (unpaired) electrons. The van der Waals surface area contributed by atoms with Crippen LogP contribution in [0.1, 0.15) is 52.5 Å². The molecule has 11 heteroatoms. The lowest BCUT2D eigenvalue weighted by atomic mass is 10.0. The topological polar surface area (TPSA) is 96.0 Å². The number of carbonyl (C=O) groups excluding carboxylic acids is 2. The summed E-state index contributed by atoms with van der Waals surface area (Å²) in [5.74, 6) is -0.00990. The molecular weight excluding hydrogens is 549 g/mol. The second kappa shape index (κ2) is 13.5. The van der Waals surface area contributed by atoms with Gasteiger partial charge in [0.15, 0.2) is 0 Å². The SMILES string of the molecule is CCC(C(=O)NC(C)(C)C)N(Cc1ccc(Cl)c(Cl)c1)C(=O)CCCN(c1cccc(OC)c1)S(C)(=O)=O. The fraction of sp³-hybridized carbons (Fsp3) is 0.481. The van der Waals surface area contributed by atoms with Gasteiger partial charge in [-0.1, -0.05) is 42.3 Å². The molecule has 1 atom stereocenters. The number of carbonyl (C=O) groups is 2. The molecular formula is C27H37Cl2N3O5S. The summed E-state index contributed by atoms with van der Waals surface area (Å²) in [5.41, 5.74) is 0.696. The van der Waals surface area contributed by atoms with Crippen LogP contribution < -0.4 is 14.4 Å². The van der Waals surface area contributed by atoms with E-state index in [0.29, 0.717) is 27.9 Å². The molecule has 0 saturated heterocycles. The highest BCUT2D eigenvalue weighted by Gasteiger charge is 2.31. The van der Waals surface area contributed by atoms with Gasteiger partial charge in [0, 0.05) is 31.1 Å². The number of hydrogen-bond acceptors (Lipinski definition) is 5. The highest BCUT2D eigenvalue weighted by atomic mass is 35.5. The summed E-state index contributed by atoms with van der Waals surface area (Å²) in [6.07, 6.45) is 1.80. The minimum Gasteiger partial charge on any atom is -0.497 e. The Balaban J connectivity index is 2.28. The van der Waals surface area contributed by atoms with Crippen LogP contribution in [0.5, 0.6) is 5.75 Å². The fourth-order valence-electron chi connectivity index (χ4n) is 3.98.